The predicted octanol–water partition coefficient (Wildman–Crippen LogP) is 7.87. The summed E-state index contributed by atoms with van der Waals surface area (Å²) < 4.78 is 10.6. The molecule has 1 aliphatic carbocycles. The summed E-state index contributed by atoms with van der Waals surface area (Å²) in [5, 5.41) is 23.7. The molecule has 4 heterocycles. The Morgan fingerprint density at radius 1 is 0.961 bits per heavy atom. The van der Waals surface area contributed by atoms with Crippen LogP contribution in [0.5, 0.6) is 5.75 Å². The van der Waals surface area contributed by atoms with Gasteiger partial charge in [-0.1, -0.05) is 64.1 Å². The fourth-order valence-corrected chi connectivity index (χ4v) is 7.22. The van der Waals surface area contributed by atoms with Crippen LogP contribution in [0.15, 0.2) is 72.9 Å². The predicted molar refractivity (Wildman–Crippen MR) is 202 cm³/mol. The van der Waals surface area contributed by atoms with E-state index in [4.69, 9.17) is 9.84 Å². The van der Waals surface area contributed by atoms with Crippen molar-refractivity contribution in [2.45, 2.75) is 103 Å². The van der Waals surface area contributed by atoms with Crippen molar-refractivity contribution in [1.82, 2.24) is 35.0 Å². The average Bonchev–Trinajstić information content (AvgIpc) is 3.74. The Morgan fingerprint density at radius 3 is 2.53 bits per heavy atom. The summed E-state index contributed by atoms with van der Waals surface area (Å²) in [7, 11) is 0. The molecule has 11 nitrogen and oxygen atoms in total. The number of rotatable bonds is 10. The third-order valence-corrected chi connectivity index (χ3v) is 10.1. The Kier molecular flexibility index (Phi) is 9.99. The lowest BCUT2D eigenvalue weighted by Crippen LogP contribution is -2.38. The molecule has 5 aromatic rings. The highest BCUT2D eigenvalue weighted by Gasteiger charge is 2.31. The number of nitrogens with zero attached hydrogens (tertiary/aromatic N) is 6. The van der Waals surface area contributed by atoms with Gasteiger partial charge in [-0.3, -0.25) is 9.72 Å². The van der Waals surface area contributed by atoms with E-state index in [1.165, 1.54) is 12.0 Å². The van der Waals surface area contributed by atoms with Crippen LogP contribution >= 0.6 is 0 Å². The van der Waals surface area contributed by atoms with Crippen LogP contribution in [0.2, 0.25) is 0 Å². The molecule has 0 saturated carbocycles. The van der Waals surface area contributed by atoms with Crippen molar-refractivity contribution < 1.29 is 9.53 Å². The van der Waals surface area contributed by atoms with Gasteiger partial charge in [0.2, 0.25) is 5.95 Å². The Bertz CT molecular complexity index is 1960. The summed E-state index contributed by atoms with van der Waals surface area (Å²) in [5.74, 6) is 2.27. The molecule has 1 unspecified atom stereocenters. The molecule has 1 saturated heterocycles. The monoisotopic (exact) mass is 689 g/mol. The molecule has 0 radical (unpaired) electrons. The van der Waals surface area contributed by atoms with Crippen molar-refractivity contribution in [2.24, 2.45) is 0 Å². The van der Waals surface area contributed by atoms with Crippen molar-refractivity contribution in [3.05, 3.63) is 95.3 Å². The lowest BCUT2D eigenvalue weighted by molar-refractivity contribution is 0.171. The maximum absolute atomic E-state index is 13.7. The lowest BCUT2D eigenvalue weighted by atomic mass is 9.85. The number of urea groups is 1. The molecule has 3 aromatic heterocycles. The standard InChI is InChI=1S/C40H51N9O2/c1-6-22-41-25-28-14-16-29(17-15-28)49-37(24-35(46-49)40(3,4)5)43-38(50)42-33-19-20-34(32-13-8-7-12-31(32)33)51-30-18-21-36-44-45-39(48(36)26-30)47-23-10-9-11-27(47)2/h7-8,12-18,21,24,26-27,33-34,41H,6,9-11,19-20,22-23,25H2,1-5H3,(H2,42,43,50)/t27?,33-,34+/m0/s1. The van der Waals surface area contributed by atoms with Crippen LogP contribution < -0.4 is 25.6 Å². The van der Waals surface area contributed by atoms with Gasteiger partial charge in [0, 0.05) is 30.6 Å². The normalized spacial score (nSPS) is 19.2. The first-order chi connectivity index (χ1) is 24.7. The number of anilines is 2. The van der Waals surface area contributed by atoms with E-state index < -0.39 is 0 Å². The molecule has 1 fully saturated rings. The number of piperidine rings is 1. The van der Waals surface area contributed by atoms with Gasteiger partial charge in [0.1, 0.15) is 17.7 Å². The summed E-state index contributed by atoms with van der Waals surface area (Å²) in [6.07, 6.45) is 8.01. The highest BCUT2D eigenvalue weighted by molar-refractivity contribution is 5.89. The maximum atomic E-state index is 13.7. The number of carbonyl (C=O) groups is 1. The van der Waals surface area contributed by atoms with Gasteiger partial charge in [-0.25, -0.2) is 9.48 Å². The van der Waals surface area contributed by atoms with Crippen molar-refractivity contribution in [2.75, 3.05) is 23.3 Å². The quantitative estimate of drug-likeness (QED) is 0.128. The first-order valence-corrected chi connectivity index (χ1v) is 18.5. The number of fused-ring (bicyclic) bond motifs is 2. The van der Waals surface area contributed by atoms with Crippen molar-refractivity contribution in [3.8, 4) is 11.4 Å². The molecule has 2 amide bonds. The van der Waals surface area contributed by atoms with E-state index in [-0.39, 0.29) is 23.6 Å². The van der Waals surface area contributed by atoms with E-state index in [0.29, 0.717) is 11.9 Å². The van der Waals surface area contributed by atoms with E-state index in [1.807, 2.05) is 41.2 Å². The molecule has 3 atom stereocenters. The van der Waals surface area contributed by atoms with Gasteiger partial charge in [-0.05, 0) is 92.9 Å². The minimum absolute atomic E-state index is 0.149. The second-order valence-corrected chi connectivity index (χ2v) is 15.0. The fraction of sp³-hybridized carbons (Fsp3) is 0.450. The number of benzene rings is 2. The summed E-state index contributed by atoms with van der Waals surface area (Å²) in [6, 6.07) is 22.5. The van der Waals surface area contributed by atoms with E-state index >= 15 is 0 Å². The van der Waals surface area contributed by atoms with Crippen LogP contribution in [0.1, 0.15) is 108 Å². The van der Waals surface area contributed by atoms with Gasteiger partial charge in [0.25, 0.3) is 0 Å². The molecule has 7 rings (SSSR count). The zero-order valence-corrected chi connectivity index (χ0v) is 30.5. The first-order valence-electron chi connectivity index (χ1n) is 18.5. The van der Waals surface area contributed by atoms with Crippen LogP contribution in [0, 0.1) is 0 Å². The van der Waals surface area contributed by atoms with Gasteiger partial charge in [-0.15, -0.1) is 10.2 Å². The molecular weight excluding hydrogens is 639 g/mol. The highest BCUT2D eigenvalue weighted by atomic mass is 16.5. The molecule has 11 heteroatoms. The second kappa shape index (κ2) is 14.8. The number of ether oxygens (including phenoxy) is 1. The molecule has 1 aliphatic heterocycles. The van der Waals surface area contributed by atoms with Gasteiger partial charge < -0.3 is 20.3 Å². The van der Waals surface area contributed by atoms with Crippen LogP contribution in [0.3, 0.4) is 0 Å². The smallest absolute Gasteiger partial charge is 0.320 e. The number of nitrogens with one attached hydrogen (secondary N) is 3. The molecule has 0 bridgehead atoms. The van der Waals surface area contributed by atoms with E-state index in [1.54, 1.807) is 0 Å². The number of carbonyl (C=O) groups excluding carboxylic acids is 1. The molecule has 268 valence electrons. The van der Waals surface area contributed by atoms with E-state index in [9.17, 15) is 4.79 Å². The molecule has 2 aliphatic rings. The van der Waals surface area contributed by atoms with Gasteiger partial charge in [-0.2, -0.15) is 5.10 Å². The topological polar surface area (TPSA) is 114 Å². The number of pyridine rings is 1. The zero-order valence-electron chi connectivity index (χ0n) is 30.5. The molecule has 51 heavy (non-hydrogen) atoms. The molecule has 2 aromatic carbocycles. The third-order valence-electron chi connectivity index (χ3n) is 10.1. The van der Waals surface area contributed by atoms with Crippen molar-refractivity contribution in [3.63, 3.8) is 0 Å². The Morgan fingerprint density at radius 2 is 1.76 bits per heavy atom. The number of amides is 2. The van der Waals surface area contributed by atoms with Crippen molar-refractivity contribution >= 4 is 23.4 Å². The summed E-state index contributed by atoms with van der Waals surface area (Å²) in [6.45, 7) is 13.6. The zero-order chi connectivity index (χ0) is 35.5. The summed E-state index contributed by atoms with van der Waals surface area (Å²) in [5.41, 5.74) is 5.76. The molecular formula is C40H51N9O2. The van der Waals surface area contributed by atoms with Crippen molar-refractivity contribution in [1.29, 1.82) is 0 Å². The fourth-order valence-electron chi connectivity index (χ4n) is 7.22. The minimum Gasteiger partial charge on any atom is -0.484 e. The van der Waals surface area contributed by atoms with E-state index in [0.717, 1.165) is 91.6 Å². The Balaban J connectivity index is 1.06. The van der Waals surface area contributed by atoms with E-state index in [2.05, 4.69) is 106 Å². The Labute approximate surface area is 300 Å². The van der Waals surface area contributed by atoms with Gasteiger partial charge in [0.15, 0.2) is 5.65 Å². The van der Waals surface area contributed by atoms with Crippen LogP contribution in [-0.2, 0) is 12.0 Å². The number of aromatic nitrogens is 5. The lowest BCUT2D eigenvalue weighted by Gasteiger charge is -2.33. The van der Waals surface area contributed by atoms with Crippen LogP contribution in [0.4, 0.5) is 16.6 Å². The van der Waals surface area contributed by atoms with Crippen LogP contribution in [-0.4, -0.2) is 49.5 Å². The average molecular weight is 690 g/mol. The maximum Gasteiger partial charge on any atom is 0.320 e. The van der Waals surface area contributed by atoms with Gasteiger partial charge >= 0.3 is 6.03 Å². The Hall–Kier alpha value is -4.90. The van der Waals surface area contributed by atoms with Gasteiger partial charge in [0.05, 0.1) is 23.6 Å². The summed E-state index contributed by atoms with van der Waals surface area (Å²) in [4.78, 5) is 16.0. The first kappa shape index (κ1) is 34.5. The minimum atomic E-state index is -0.270. The van der Waals surface area contributed by atoms with Crippen LogP contribution in [0.25, 0.3) is 11.3 Å². The SMILES string of the molecule is CCCNCc1ccc(-n2nc(C(C)(C)C)cc2NC(=O)N[C@H]2CC[C@@H](Oc3ccc4nnc(N5CCCCC5C)n4c3)c3ccccc32)cc1. The largest absolute Gasteiger partial charge is 0.484 e. The summed E-state index contributed by atoms with van der Waals surface area (Å²) >= 11 is 0. The second-order valence-electron chi connectivity index (χ2n) is 15.0. The number of hydrogen-bond acceptors (Lipinski definition) is 7. The third kappa shape index (κ3) is 7.58. The highest BCUT2D eigenvalue weighted by Crippen LogP contribution is 2.39. The molecule has 0 spiro atoms. The molecule has 3 N–H and O–H groups in total. The number of hydrogen-bond donors (Lipinski definition) is 3.